The molecule has 28 heavy (non-hydrogen) atoms. The lowest BCUT2D eigenvalue weighted by atomic mass is 9.91. The SMILES string of the molecule is CCCCN(CCCC)C(=O)[C@@]1(c2ccccc2)CC1CN.O=C(O)C(=O)O. The fourth-order valence-corrected chi connectivity index (χ4v) is 3.38. The van der Waals surface area contributed by atoms with Crippen LogP contribution in [0.2, 0.25) is 0 Å². The molecule has 1 aliphatic rings. The first-order chi connectivity index (χ1) is 13.3. The van der Waals surface area contributed by atoms with Gasteiger partial charge in [0.2, 0.25) is 5.91 Å². The molecule has 1 aromatic rings. The van der Waals surface area contributed by atoms with Crippen LogP contribution in [-0.2, 0) is 19.8 Å². The first kappa shape index (κ1) is 23.6. The number of aliphatic carboxylic acids is 2. The van der Waals surface area contributed by atoms with E-state index < -0.39 is 11.9 Å². The molecule has 0 radical (unpaired) electrons. The Kier molecular flexibility index (Phi) is 9.65. The molecule has 1 unspecified atom stereocenters. The van der Waals surface area contributed by atoms with Gasteiger partial charge in [0.1, 0.15) is 0 Å². The van der Waals surface area contributed by atoms with Gasteiger partial charge in [0.05, 0.1) is 5.41 Å². The minimum Gasteiger partial charge on any atom is -0.473 e. The Bertz CT molecular complexity index is 629. The number of carboxylic acids is 2. The molecule has 1 saturated carbocycles. The Morgan fingerprint density at radius 2 is 1.54 bits per heavy atom. The maximum absolute atomic E-state index is 13.3. The highest BCUT2D eigenvalue weighted by Gasteiger charge is 2.61. The summed E-state index contributed by atoms with van der Waals surface area (Å²) in [7, 11) is 0. The molecule has 0 heterocycles. The lowest BCUT2D eigenvalue weighted by Gasteiger charge is -2.28. The van der Waals surface area contributed by atoms with Crippen LogP contribution in [0, 0.1) is 5.92 Å². The van der Waals surface area contributed by atoms with Crippen molar-refractivity contribution in [2.45, 2.75) is 51.4 Å². The van der Waals surface area contributed by atoms with Crippen molar-refractivity contribution in [2.24, 2.45) is 11.7 Å². The van der Waals surface area contributed by atoms with Crippen LogP contribution in [0.15, 0.2) is 30.3 Å². The number of rotatable bonds is 9. The summed E-state index contributed by atoms with van der Waals surface area (Å²) in [5, 5.41) is 14.8. The van der Waals surface area contributed by atoms with Crippen molar-refractivity contribution in [2.75, 3.05) is 19.6 Å². The Morgan fingerprint density at radius 3 is 1.89 bits per heavy atom. The number of nitrogens with two attached hydrogens (primary N) is 1. The number of hydrogen-bond acceptors (Lipinski definition) is 4. The zero-order valence-electron chi connectivity index (χ0n) is 16.8. The van der Waals surface area contributed by atoms with Crippen LogP contribution in [0.3, 0.4) is 0 Å². The summed E-state index contributed by atoms with van der Waals surface area (Å²) in [4.78, 5) is 33.6. The van der Waals surface area contributed by atoms with Crippen LogP contribution in [-0.4, -0.2) is 52.6 Å². The summed E-state index contributed by atoms with van der Waals surface area (Å²) in [5.41, 5.74) is 6.71. The van der Waals surface area contributed by atoms with E-state index in [2.05, 4.69) is 30.9 Å². The summed E-state index contributed by atoms with van der Waals surface area (Å²) in [6.07, 6.45) is 5.30. The van der Waals surface area contributed by atoms with Gasteiger partial charge in [-0.25, -0.2) is 9.59 Å². The first-order valence-electron chi connectivity index (χ1n) is 9.86. The molecular formula is C21H32N2O5. The van der Waals surface area contributed by atoms with Crippen LogP contribution in [0.5, 0.6) is 0 Å². The zero-order chi connectivity index (χ0) is 21.2. The molecule has 1 aromatic carbocycles. The number of carbonyl (C=O) groups excluding carboxylic acids is 1. The van der Waals surface area contributed by atoms with Gasteiger partial charge in [-0.3, -0.25) is 4.79 Å². The number of carboxylic acid groups (broad SMARTS) is 2. The van der Waals surface area contributed by atoms with E-state index in [4.69, 9.17) is 25.5 Å². The van der Waals surface area contributed by atoms with E-state index in [1.54, 1.807) is 0 Å². The van der Waals surface area contributed by atoms with Gasteiger partial charge in [0.15, 0.2) is 0 Å². The Labute approximate surface area is 166 Å². The van der Waals surface area contributed by atoms with Crippen LogP contribution < -0.4 is 5.73 Å². The molecule has 0 saturated heterocycles. The summed E-state index contributed by atoms with van der Waals surface area (Å²) in [6, 6.07) is 10.2. The number of unbranched alkanes of at least 4 members (excludes halogenated alkanes) is 2. The molecule has 7 nitrogen and oxygen atoms in total. The second-order valence-corrected chi connectivity index (χ2v) is 7.08. The third-order valence-electron chi connectivity index (χ3n) is 5.09. The molecule has 0 aromatic heterocycles. The summed E-state index contributed by atoms with van der Waals surface area (Å²) in [6.45, 7) is 6.70. The summed E-state index contributed by atoms with van der Waals surface area (Å²) < 4.78 is 0. The molecule has 0 bridgehead atoms. The molecule has 4 N–H and O–H groups in total. The van der Waals surface area contributed by atoms with E-state index in [-0.39, 0.29) is 5.41 Å². The highest BCUT2D eigenvalue weighted by molar-refractivity contribution is 6.27. The normalized spacial score (nSPS) is 19.9. The maximum Gasteiger partial charge on any atom is 0.414 e. The predicted octanol–water partition coefficient (Wildman–Crippen LogP) is 2.49. The van der Waals surface area contributed by atoms with Crippen LogP contribution >= 0.6 is 0 Å². The molecule has 7 heteroatoms. The molecule has 156 valence electrons. The van der Waals surface area contributed by atoms with E-state index in [0.29, 0.717) is 18.4 Å². The number of amides is 1. The standard InChI is InChI=1S/C19H30N2O.C2H2O4/c1-3-5-12-21(13-6-4-2)18(22)19(14-17(19)15-20)16-10-8-7-9-11-16;3-1(4)2(5)6/h7-11,17H,3-6,12-15,20H2,1-2H3;(H,3,4)(H,5,6)/t17?,19-;/m1./s1. The van der Waals surface area contributed by atoms with Crippen LogP contribution in [0.1, 0.15) is 51.5 Å². The highest BCUT2D eigenvalue weighted by atomic mass is 16.4. The van der Waals surface area contributed by atoms with Gasteiger partial charge < -0.3 is 20.8 Å². The van der Waals surface area contributed by atoms with Crippen molar-refractivity contribution in [3.05, 3.63) is 35.9 Å². The second-order valence-electron chi connectivity index (χ2n) is 7.08. The predicted molar refractivity (Wildman–Crippen MR) is 107 cm³/mol. The average molecular weight is 392 g/mol. The van der Waals surface area contributed by atoms with Crippen molar-refractivity contribution in [1.82, 2.24) is 4.90 Å². The van der Waals surface area contributed by atoms with Gasteiger partial charge in [-0.2, -0.15) is 0 Å². The van der Waals surface area contributed by atoms with Crippen molar-refractivity contribution < 1.29 is 24.6 Å². The molecule has 1 aliphatic carbocycles. The second kappa shape index (κ2) is 11.4. The van der Waals surface area contributed by atoms with Gasteiger partial charge in [0.25, 0.3) is 0 Å². The number of benzene rings is 1. The fraction of sp³-hybridized carbons (Fsp3) is 0.571. The molecule has 1 fully saturated rings. The Morgan fingerprint density at radius 1 is 1.04 bits per heavy atom. The largest absolute Gasteiger partial charge is 0.473 e. The molecule has 0 spiro atoms. The van der Waals surface area contributed by atoms with E-state index >= 15 is 0 Å². The first-order valence-corrected chi connectivity index (χ1v) is 9.86. The van der Waals surface area contributed by atoms with Gasteiger partial charge in [-0.1, -0.05) is 57.0 Å². The minimum atomic E-state index is -1.82. The monoisotopic (exact) mass is 392 g/mol. The summed E-state index contributed by atoms with van der Waals surface area (Å²) >= 11 is 0. The lowest BCUT2D eigenvalue weighted by Crippen LogP contribution is -2.42. The third-order valence-corrected chi connectivity index (χ3v) is 5.09. The fourth-order valence-electron chi connectivity index (χ4n) is 3.38. The Balaban J connectivity index is 0.000000568. The quantitative estimate of drug-likeness (QED) is 0.555. The van der Waals surface area contributed by atoms with Gasteiger partial charge in [-0.05, 0) is 37.3 Å². The number of hydrogen-bond donors (Lipinski definition) is 3. The average Bonchev–Trinajstić information content (AvgIpc) is 3.44. The smallest absolute Gasteiger partial charge is 0.414 e. The number of nitrogens with zero attached hydrogens (tertiary/aromatic N) is 1. The van der Waals surface area contributed by atoms with Crippen LogP contribution in [0.4, 0.5) is 0 Å². The summed E-state index contributed by atoms with van der Waals surface area (Å²) in [5.74, 6) is -3.05. The van der Waals surface area contributed by atoms with E-state index in [9.17, 15) is 4.79 Å². The highest BCUT2D eigenvalue weighted by Crippen LogP contribution is 2.55. The van der Waals surface area contributed by atoms with Gasteiger partial charge >= 0.3 is 11.9 Å². The lowest BCUT2D eigenvalue weighted by molar-refractivity contribution is -0.159. The molecule has 2 atom stereocenters. The maximum atomic E-state index is 13.3. The van der Waals surface area contributed by atoms with Crippen LogP contribution in [0.25, 0.3) is 0 Å². The molecule has 2 rings (SSSR count). The Hall–Kier alpha value is -2.41. The van der Waals surface area contributed by atoms with E-state index in [1.807, 2.05) is 18.2 Å². The zero-order valence-corrected chi connectivity index (χ0v) is 16.8. The van der Waals surface area contributed by atoms with Gasteiger partial charge in [-0.15, -0.1) is 0 Å². The van der Waals surface area contributed by atoms with E-state index in [0.717, 1.165) is 50.8 Å². The van der Waals surface area contributed by atoms with E-state index in [1.165, 1.54) is 0 Å². The van der Waals surface area contributed by atoms with Crippen molar-refractivity contribution >= 4 is 17.8 Å². The molecular weight excluding hydrogens is 360 g/mol. The minimum absolute atomic E-state index is 0.299. The topological polar surface area (TPSA) is 121 Å². The number of carbonyl (C=O) groups is 3. The van der Waals surface area contributed by atoms with Crippen molar-refractivity contribution in [1.29, 1.82) is 0 Å². The molecule has 0 aliphatic heterocycles. The third kappa shape index (κ3) is 6.05. The molecule has 1 amide bonds. The van der Waals surface area contributed by atoms with Crippen molar-refractivity contribution in [3.63, 3.8) is 0 Å². The van der Waals surface area contributed by atoms with Crippen molar-refractivity contribution in [3.8, 4) is 0 Å². The van der Waals surface area contributed by atoms with Gasteiger partial charge in [0, 0.05) is 13.1 Å².